The SMILES string of the molecule is Clc1ccc(Cl)c(OCCOc2ccccc2CNc2ccccn2)c1. The highest BCUT2D eigenvalue weighted by atomic mass is 35.5. The van der Waals surface area contributed by atoms with E-state index in [2.05, 4.69) is 10.3 Å². The molecule has 3 rings (SSSR count). The number of aromatic nitrogens is 1. The number of nitrogens with zero attached hydrogens (tertiary/aromatic N) is 1. The molecule has 1 N–H and O–H groups in total. The second-order valence-corrected chi connectivity index (χ2v) is 6.29. The van der Waals surface area contributed by atoms with Gasteiger partial charge in [0, 0.05) is 29.4 Å². The fraction of sp³-hybridized carbons (Fsp3) is 0.150. The fourth-order valence-corrected chi connectivity index (χ4v) is 2.67. The summed E-state index contributed by atoms with van der Waals surface area (Å²) in [6, 6.07) is 18.7. The van der Waals surface area contributed by atoms with Crippen molar-refractivity contribution in [3.63, 3.8) is 0 Å². The molecule has 0 aliphatic heterocycles. The average molecular weight is 389 g/mol. The second kappa shape index (κ2) is 9.32. The van der Waals surface area contributed by atoms with Gasteiger partial charge in [-0.3, -0.25) is 0 Å². The number of hydrogen-bond donors (Lipinski definition) is 1. The van der Waals surface area contributed by atoms with Crippen LogP contribution in [0.25, 0.3) is 0 Å². The molecule has 1 heterocycles. The number of para-hydroxylation sites is 1. The minimum absolute atomic E-state index is 0.363. The summed E-state index contributed by atoms with van der Waals surface area (Å²) in [7, 11) is 0. The Morgan fingerprint density at radius 1 is 0.846 bits per heavy atom. The number of pyridine rings is 1. The van der Waals surface area contributed by atoms with Gasteiger partial charge in [0.15, 0.2) is 0 Å². The Hall–Kier alpha value is -2.43. The molecule has 3 aromatic rings. The fourth-order valence-electron chi connectivity index (χ4n) is 2.33. The van der Waals surface area contributed by atoms with Crippen LogP contribution < -0.4 is 14.8 Å². The molecule has 4 nitrogen and oxygen atoms in total. The number of halogens is 2. The topological polar surface area (TPSA) is 43.4 Å². The maximum absolute atomic E-state index is 6.08. The lowest BCUT2D eigenvalue weighted by Crippen LogP contribution is -2.11. The van der Waals surface area contributed by atoms with Gasteiger partial charge in [-0.15, -0.1) is 0 Å². The van der Waals surface area contributed by atoms with E-state index in [1.54, 1.807) is 24.4 Å². The molecule has 0 bridgehead atoms. The van der Waals surface area contributed by atoms with E-state index in [1.807, 2.05) is 42.5 Å². The zero-order valence-electron chi connectivity index (χ0n) is 14.0. The van der Waals surface area contributed by atoms with Gasteiger partial charge in [0.1, 0.15) is 30.5 Å². The Kier molecular flexibility index (Phi) is 6.58. The van der Waals surface area contributed by atoms with Crippen LogP contribution in [0.3, 0.4) is 0 Å². The Morgan fingerprint density at radius 2 is 1.62 bits per heavy atom. The maximum atomic E-state index is 6.08. The van der Waals surface area contributed by atoms with Crippen LogP contribution >= 0.6 is 23.2 Å². The number of rotatable bonds is 8. The molecule has 0 saturated heterocycles. The predicted molar refractivity (Wildman–Crippen MR) is 105 cm³/mol. The third kappa shape index (κ3) is 5.28. The maximum Gasteiger partial charge on any atom is 0.139 e. The molecule has 6 heteroatoms. The normalized spacial score (nSPS) is 10.4. The van der Waals surface area contributed by atoms with Gasteiger partial charge in [0.05, 0.1) is 5.02 Å². The third-order valence-electron chi connectivity index (χ3n) is 3.59. The predicted octanol–water partition coefficient (Wildman–Crippen LogP) is 5.46. The van der Waals surface area contributed by atoms with Crippen molar-refractivity contribution < 1.29 is 9.47 Å². The summed E-state index contributed by atoms with van der Waals surface area (Å²) < 4.78 is 11.5. The van der Waals surface area contributed by atoms with Crippen molar-refractivity contribution in [2.75, 3.05) is 18.5 Å². The van der Waals surface area contributed by atoms with E-state index in [0.29, 0.717) is 35.6 Å². The Labute approximate surface area is 162 Å². The van der Waals surface area contributed by atoms with E-state index in [9.17, 15) is 0 Å². The minimum atomic E-state index is 0.363. The molecule has 0 atom stereocenters. The van der Waals surface area contributed by atoms with Crippen LogP contribution in [0.4, 0.5) is 5.82 Å². The van der Waals surface area contributed by atoms with Crippen LogP contribution in [0, 0.1) is 0 Å². The molecule has 0 fully saturated rings. The first-order valence-corrected chi connectivity index (χ1v) is 8.91. The summed E-state index contributed by atoms with van der Waals surface area (Å²) in [4.78, 5) is 4.25. The molecule has 0 unspecified atom stereocenters. The van der Waals surface area contributed by atoms with Crippen LogP contribution in [-0.4, -0.2) is 18.2 Å². The summed E-state index contributed by atoms with van der Waals surface area (Å²) in [5, 5.41) is 4.38. The summed E-state index contributed by atoms with van der Waals surface area (Å²) >= 11 is 12.0. The molecule has 0 amide bonds. The molecule has 0 aliphatic rings. The lowest BCUT2D eigenvalue weighted by atomic mass is 10.2. The lowest BCUT2D eigenvalue weighted by Gasteiger charge is -2.13. The van der Waals surface area contributed by atoms with Gasteiger partial charge in [-0.05, 0) is 30.3 Å². The molecule has 0 saturated carbocycles. The number of hydrogen-bond acceptors (Lipinski definition) is 4. The highest BCUT2D eigenvalue weighted by Gasteiger charge is 2.05. The van der Waals surface area contributed by atoms with Crippen molar-refractivity contribution >= 4 is 29.0 Å². The number of ether oxygens (including phenoxy) is 2. The molecular weight excluding hydrogens is 371 g/mol. The third-order valence-corrected chi connectivity index (χ3v) is 4.14. The molecule has 134 valence electrons. The second-order valence-electron chi connectivity index (χ2n) is 5.45. The van der Waals surface area contributed by atoms with Gasteiger partial charge < -0.3 is 14.8 Å². The minimum Gasteiger partial charge on any atom is -0.490 e. The number of nitrogens with one attached hydrogen (secondary N) is 1. The van der Waals surface area contributed by atoms with Crippen LogP contribution in [0.2, 0.25) is 10.0 Å². The molecule has 0 radical (unpaired) electrons. The van der Waals surface area contributed by atoms with Crippen molar-refractivity contribution in [1.29, 1.82) is 0 Å². The van der Waals surface area contributed by atoms with E-state index in [1.165, 1.54) is 0 Å². The van der Waals surface area contributed by atoms with Crippen molar-refractivity contribution in [3.05, 3.63) is 82.5 Å². The van der Waals surface area contributed by atoms with Crippen LogP contribution in [0.1, 0.15) is 5.56 Å². The molecule has 2 aromatic carbocycles. The molecular formula is C20H18Cl2N2O2. The Bertz CT molecular complexity index is 844. The molecule has 26 heavy (non-hydrogen) atoms. The van der Waals surface area contributed by atoms with E-state index in [4.69, 9.17) is 32.7 Å². The Balaban J connectivity index is 1.52. The first-order valence-electron chi connectivity index (χ1n) is 8.16. The van der Waals surface area contributed by atoms with Crippen molar-refractivity contribution in [2.24, 2.45) is 0 Å². The van der Waals surface area contributed by atoms with Crippen LogP contribution in [-0.2, 0) is 6.54 Å². The highest BCUT2D eigenvalue weighted by Crippen LogP contribution is 2.27. The van der Waals surface area contributed by atoms with E-state index in [0.717, 1.165) is 17.1 Å². The van der Waals surface area contributed by atoms with Gasteiger partial charge in [0.25, 0.3) is 0 Å². The van der Waals surface area contributed by atoms with E-state index < -0.39 is 0 Å². The van der Waals surface area contributed by atoms with Crippen molar-refractivity contribution in [2.45, 2.75) is 6.54 Å². The highest BCUT2D eigenvalue weighted by molar-refractivity contribution is 6.34. The summed E-state index contributed by atoms with van der Waals surface area (Å²) in [5.74, 6) is 2.17. The summed E-state index contributed by atoms with van der Waals surface area (Å²) in [6.07, 6.45) is 1.75. The Morgan fingerprint density at radius 3 is 2.42 bits per heavy atom. The smallest absolute Gasteiger partial charge is 0.139 e. The van der Waals surface area contributed by atoms with Crippen LogP contribution in [0.5, 0.6) is 11.5 Å². The zero-order chi connectivity index (χ0) is 18.2. The monoisotopic (exact) mass is 388 g/mol. The van der Waals surface area contributed by atoms with Gasteiger partial charge in [0.2, 0.25) is 0 Å². The largest absolute Gasteiger partial charge is 0.490 e. The van der Waals surface area contributed by atoms with Gasteiger partial charge in [-0.1, -0.05) is 47.5 Å². The number of anilines is 1. The van der Waals surface area contributed by atoms with Gasteiger partial charge in [-0.2, -0.15) is 0 Å². The van der Waals surface area contributed by atoms with Gasteiger partial charge >= 0.3 is 0 Å². The molecule has 0 spiro atoms. The first-order chi connectivity index (χ1) is 12.7. The summed E-state index contributed by atoms with van der Waals surface area (Å²) in [6.45, 7) is 1.37. The van der Waals surface area contributed by atoms with Crippen molar-refractivity contribution in [1.82, 2.24) is 4.98 Å². The van der Waals surface area contributed by atoms with E-state index >= 15 is 0 Å². The molecule has 0 aliphatic carbocycles. The van der Waals surface area contributed by atoms with E-state index in [-0.39, 0.29) is 0 Å². The average Bonchev–Trinajstić information content (AvgIpc) is 2.67. The first kappa shape index (κ1) is 18.4. The number of benzene rings is 2. The van der Waals surface area contributed by atoms with Crippen LogP contribution in [0.15, 0.2) is 66.9 Å². The van der Waals surface area contributed by atoms with Gasteiger partial charge in [-0.25, -0.2) is 4.98 Å². The quantitative estimate of drug-likeness (QED) is 0.520. The molecule has 1 aromatic heterocycles. The lowest BCUT2D eigenvalue weighted by molar-refractivity contribution is 0.216. The summed E-state index contributed by atoms with van der Waals surface area (Å²) in [5.41, 5.74) is 1.04. The zero-order valence-corrected chi connectivity index (χ0v) is 15.5. The standard InChI is InChI=1S/C20H18Cl2N2O2/c21-16-8-9-17(22)19(13-16)26-12-11-25-18-6-2-1-5-15(18)14-24-20-7-3-4-10-23-20/h1-10,13H,11-12,14H2,(H,23,24). The van der Waals surface area contributed by atoms with Crippen molar-refractivity contribution in [3.8, 4) is 11.5 Å².